The number of aromatic amines is 1. The number of aromatic nitrogens is 1. The Bertz CT molecular complexity index is 1100. The van der Waals surface area contributed by atoms with Crippen LogP contribution >= 0.6 is 11.6 Å². The highest BCUT2D eigenvalue weighted by molar-refractivity contribution is 6.31. The molecule has 5 rings (SSSR count). The molecule has 0 spiro atoms. The van der Waals surface area contributed by atoms with Crippen molar-refractivity contribution >= 4 is 28.1 Å². The number of nitrogens with one attached hydrogen (secondary N) is 1. The summed E-state index contributed by atoms with van der Waals surface area (Å²) in [6, 6.07) is 12.7. The summed E-state index contributed by atoms with van der Waals surface area (Å²) >= 11 is 6.10. The molecule has 0 radical (unpaired) electrons. The monoisotopic (exact) mass is 406 g/mol. The van der Waals surface area contributed by atoms with Crippen molar-refractivity contribution in [3.63, 3.8) is 0 Å². The molecule has 0 saturated heterocycles. The largest absolute Gasteiger partial charge is 0.487 e. The summed E-state index contributed by atoms with van der Waals surface area (Å²) in [5, 5.41) is 2.06. The third kappa shape index (κ3) is 3.70. The Balaban J connectivity index is 1.26. The summed E-state index contributed by atoms with van der Waals surface area (Å²) in [5.41, 5.74) is 6.45. The molecule has 1 aromatic heterocycles. The van der Waals surface area contributed by atoms with Gasteiger partial charge >= 0.3 is 0 Å². The zero-order valence-corrected chi connectivity index (χ0v) is 17.9. The van der Waals surface area contributed by atoms with Crippen molar-refractivity contribution in [2.75, 3.05) is 19.6 Å². The van der Waals surface area contributed by atoms with Gasteiger partial charge in [0.2, 0.25) is 0 Å². The predicted molar refractivity (Wildman–Crippen MR) is 121 cm³/mol. The van der Waals surface area contributed by atoms with Crippen molar-refractivity contribution < 1.29 is 4.74 Å². The molecule has 0 unspecified atom stereocenters. The minimum Gasteiger partial charge on any atom is -0.487 e. The molecule has 0 fully saturated rings. The Hall–Kier alpha value is -2.23. The zero-order valence-electron chi connectivity index (χ0n) is 17.1. The maximum Gasteiger partial charge on any atom is 0.130 e. The first-order chi connectivity index (χ1) is 14.0. The highest BCUT2D eigenvalue weighted by Gasteiger charge is 2.32. The lowest BCUT2D eigenvalue weighted by molar-refractivity contribution is 0.138. The number of ether oxygens (including phenoxy) is 1. The summed E-state index contributed by atoms with van der Waals surface area (Å²) < 4.78 is 6.28. The van der Waals surface area contributed by atoms with E-state index in [4.69, 9.17) is 16.3 Å². The standard InChI is InChI=1S/C25H27ClN2O/c1-25(2)15-18-4-3-5-22(24(18)29-25)17-8-11-28(12-9-17)13-10-19-16-27-23-14-20(26)6-7-21(19)23/h3-8,14,16,27H,9-13,15H2,1-2H3. The van der Waals surface area contributed by atoms with Crippen LogP contribution in [0, 0.1) is 0 Å². The first-order valence-electron chi connectivity index (χ1n) is 10.5. The van der Waals surface area contributed by atoms with Crippen LogP contribution in [-0.4, -0.2) is 35.1 Å². The number of nitrogens with zero attached hydrogens (tertiary/aromatic N) is 1. The van der Waals surface area contributed by atoms with Crippen LogP contribution in [0.5, 0.6) is 5.75 Å². The maximum atomic E-state index is 6.28. The number of rotatable bonds is 4. The van der Waals surface area contributed by atoms with E-state index in [2.05, 4.69) is 60.3 Å². The molecular weight excluding hydrogens is 380 g/mol. The van der Waals surface area contributed by atoms with E-state index in [1.54, 1.807) is 0 Å². The molecule has 3 nitrogen and oxygen atoms in total. The maximum absolute atomic E-state index is 6.28. The average Bonchev–Trinajstić information content (AvgIpc) is 3.24. The van der Waals surface area contributed by atoms with Crippen LogP contribution in [0.25, 0.3) is 16.5 Å². The third-order valence-corrected chi connectivity index (χ3v) is 6.39. The second kappa shape index (κ2) is 7.23. The quantitative estimate of drug-likeness (QED) is 0.587. The van der Waals surface area contributed by atoms with Crippen molar-refractivity contribution in [3.05, 3.63) is 70.4 Å². The number of hydrogen-bond acceptors (Lipinski definition) is 2. The van der Waals surface area contributed by atoms with Gasteiger partial charge in [-0.1, -0.05) is 41.9 Å². The smallest absolute Gasteiger partial charge is 0.130 e. The van der Waals surface area contributed by atoms with Gasteiger partial charge in [-0.25, -0.2) is 0 Å². The molecule has 0 amide bonds. The van der Waals surface area contributed by atoms with E-state index >= 15 is 0 Å². The Kier molecular flexibility index (Phi) is 4.68. The fourth-order valence-electron chi connectivity index (χ4n) is 4.67. The van der Waals surface area contributed by atoms with Crippen LogP contribution in [0.1, 0.15) is 37.0 Å². The topological polar surface area (TPSA) is 28.3 Å². The van der Waals surface area contributed by atoms with Crippen LogP contribution in [0.3, 0.4) is 0 Å². The molecule has 1 N–H and O–H groups in total. The van der Waals surface area contributed by atoms with Crippen LogP contribution in [0.2, 0.25) is 5.02 Å². The van der Waals surface area contributed by atoms with Gasteiger partial charge in [0.1, 0.15) is 11.4 Å². The van der Waals surface area contributed by atoms with Gasteiger partial charge in [-0.3, -0.25) is 4.90 Å². The molecule has 2 aromatic carbocycles. The van der Waals surface area contributed by atoms with Crippen LogP contribution < -0.4 is 4.74 Å². The van der Waals surface area contributed by atoms with E-state index in [-0.39, 0.29) is 5.60 Å². The molecule has 0 bridgehead atoms. The highest BCUT2D eigenvalue weighted by atomic mass is 35.5. The van der Waals surface area contributed by atoms with Crippen molar-refractivity contribution in [1.29, 1.82) is 0 Å². The first-order valence-corrected chi connectivity index (χ1v) is 10.8. The average molecular weight is 407 g/mol. The normalized spacial score (nSPS) is 18.5. The Morgan fingerprint density at radius 2 is 2.10 bits per heavy atom. The van der Waals surface area contributed by atoms with E-state index in [0.29, 0.717) is 0 Å². The van der Waals surface area contributed by atoms with Gasteiger partial charge in [-0.15, -0.1) is 0 Å². The van der Waals surface area contributed by atoms with Crippen molar-refractivity contribution in [3.8, 4) is 5.75 Å². The van der Waals surface area contributed by atoms with Gasteiger partial charge in [0.05, 0.1) is 0 Å². The van der Waals surface area contributed by atoms with Gasteiger partial charge in [0.25, 0.3) is 0 Å². The Morgan fingerprint density at radius 1 is 1.21 bits per heavy atom. The van der Waals surface area contributed by atoms with Gasteiger partial charge in [0, 0.05) is 53.7 Å². The third-order valence-electron chi connectivity index (χ3n) is 6.16. The summed E-state index contributed by atoms with van der Waals surface area (Å²) in [6.07, 6.45) is 7.62. The van der Waals surface area contributed by atoms with Crippen molar-refractivity contribution in [2.24, 2.45) is 0 Å². The molecule has 29 heavy (non-hydrogen) atoms. The van der Waals surface area contributed by atoms with E-state index in [1.165, 1.54) is 27.6 Å². The number of benzene rings is 2. The summed E-state index contributed by atoms with van der Waals surface area (Å²) in [4.78, 5) is 5.88. The molecule has 150 valence electrons. The molecule has 0 atom stereocenters. The first kappa shape index (κ1) is 18.8. The lowest BCUT2D eigenvalue weighted by Gasteiger charge is -2.27. The number of H-pyrrole nitrogens is 1. The number of halogens is 1. The highest BCUT2D eigenvalue weighted by Crippen LogP contribution is 2.41. The minimum absolute atomic E-state index is 0.0940. The van der Waals surface area contributed by atoms with E-state index < -0.39 is 0 Å². The van der Waals surface area contributed by atoms with E-state index in [0.717, 1.165) is 55.2 Å². The Morgan fingerprint density at radius 3 is 2.93 bits per heavy atom. The molecular formula is C25H27ClN2O. The van der Waals surface area contributed by atoms with E-state index in [1.807, 2.05) is 12.1 Å². The summed E-state index contributed by atoms with van der Waals surface area (Å²) in [6.45, 7) is 7.50. The molecule has 2 aliphatic rings. The lowest BCUT2D eigenvalue weighted by Crippen LogP contribution is -2.30. The molecule has 3 heterocycles. The van der Waals surface area contributed by atoms with Gasteiger partial charge in [-0.2, -0.15) is 0 Å². The second-order valence-corrected chi connectivity index (χ2v) is 9.30. The fourth-order valence-corrected chi connectivity index (χ4v) is 4.84. The fraction of sp³-hybridized carbons (Fsp3) is 0.360. The SMILES string of the molecule is CC1(C)Cc2cccc(C3=CCN(CCc4c[nH]c5cc(Cl)ccc45)CC3)c2O1. The Labute approximate surface area is 177 Å². The van der Waals surface area contributed by atoms with Gasteiger partial charge < -0.3 is 9.72 Å². The molecule has 4 heteroatoms. The lowest BCUT2D eigenvalue weighted by atomic mass is 9.95. The minimum atomic E-state index is -0.0940. The summed E-state index contributed by atoms with van der Waals surface area (Å²) in [5.74, 6) is 1.11. The van der Waals surface area contributed by atoms with Gasteiger partial charge in [-0.05, 0) is 55.5 Å². The van der Waals surface area contributed by atoms with Crippen LogP contribution in [0.4, 0.5) is 0 Å². The van der Waals surface area contributed by atoms with Crippen LogP contribution in [-0.2, 0) is 12.8 Å². The molecule has 2 aliphatic heterocycles. The van der Waals surface area contributed by atoms with Crippen molar-refractivity contribution in [2.45, 2.75) is 38.7 Å². The van der Waals surface area contributed by atoms with E-state index in [9.17, 15) is 0 Å². The molecule has 3 aromatic rings. The number of fused-ring (bicyclic) bond motifs is 2. The molecule has 0 aliphatic carbocycles. The number of hydrogen-bond donors (Lipinski definition) is 1. The van der Waals surface area contributed by atoms with Crippen molar-refractivity contribution in [1.82, 2.24) is 9.88 Å². The van der Waals surface area contributed by atoms with Gasteiger partial charge in [0.15, 0.2) is 0 Å². The summed E-state index contributed by atoms with van der Waals surface area (Å²) in [7, 11) is 0. The molecule has 0 saturated carbocycles. The van der Waals surface area contributed by atoms with Crippen LogP contribution in [0.15, 0.2) is 48.7 Å². The zero-order chi connectivity index (χ0) is 20.0. The predicted octanol–water partition coefficient (Wildman–Crippen LogP) is 5.87. The second-order valence-electron chi connectivity index (χ2n) is 8.87. The number of para-hydroxylation sites is 1.